The zero-order chi connectivity index (χ0) is 15.0. The summed E-state index contributed by atoms with van der Waals surface area (Å²) in [6.07, 6.45) is 0. The molecule has 0 saturated carbocycles. The van der Waals surface area contributed by atoms with E-state index in [0.717, 1.165) is 17.0 Å². The Hall–Kier alpha value is -1.30. The Bertz CT molecular complexity index is 441. The number of carbonyl (C=O) groups excluding carboxylic acids is 1. The molecule has 1 rings (SSSR count). The number of carbonyl (C=O) groups is 1. The van der Waals surface area contributed by atoms with Crippen LogP contribution in [0.5, 0.6) is 5.75 Å². The van der Waals surface area contributed by atoms with E-state index in [1.165, 1.54) is 0 Å². The Labute approximate surface area is 132 Å². The molecule has 1 aromatic rings. The summed E-state index contributed by atoms with van der Waals surface area (Å²) in [5.41, 5.74) is 1.79. The van der Waals surface area contributed by atoms with Crippen molar-refractivity contribution >= 4 is 24.0 Å². The molecule has 0 bridgehead atoms. The summed E-state index contributed by atoms with van der Waals surface area (Å²) in [5.74, 6) is 0.716. The van der Waals surface area contributed by atoms with Crippen LogP contribution < -0.4 is 15.4 Å². The van der Waals surface area contributed by atoms with Gasteiger partial charge in [0.05, 0.1) is 6.61 Å². The predicted octanol–water partition coefficient (Wildman–Crippen LogP) is 2.24. The van der Waals surface area contributed by atoms with Gasteiger partial charge in [-0.15, -0.1) is 12.4 Å². The van der Waals surface area contributed by atoms with Crippen LogP contribution in [-0.4, -0.2) is 39.8 Å². The van der Waals surface area contributed by atoms with Crippen LogP contribution in [0.2, 0.25) is 0 Å². The Balaban J connectivity index is 0.00000400. The number of methoxy groups -OCH3 is 1. The van der Waals surface area contributed by atoms with E-state index in [0.29, 0.717) is 19.8 Å². The molecule has 0 saturated heterocycles. The molecule has 6 heteroatoms. The van der Waals surface area contributed by atoms with E-state index >= 15 is 0 Å². The maximum absolute atomic E-state index is 12.0. The highest BCUT2D eigenvalue weighted by atomic mass is 35.5. The second-order valence-corrected chi connectivity index (χ2v) is 4.77. The summed E-state index contributed by atoms with van der Waals surface area (Å²) in [6, 6.07) is 5.62. The number of nitrogens with one attached hydrogen (secondary N) is 2. The number of rotatable bonds is 8. The molecule has 1 atom stereocenters. The van der Waals surface area contributed by atoms with Crippen molar-refractivity contribution in [1.29, 1.82) is 0 Å². The van der Waals surface area contributed by atoms with E-state index in [4.69, 9.17) is 9.47 Å². The van der Waals surface area contributed by atoms with Gasteiger partial charge in [-0.05, 0) is 37.7 Å². The lowest BCUT2D eigenvalue weighted by molar-refractivity contribution is -0.119. The Kier molecular flexibility index (Phi) is 9.78. The molecule has 0 aliphatic carbocycles. The van der Waals surface area contributed by atoms with Crippen LogP contribution in [0.1, 0.15) is 12.5 Å². The topological polar surface area (TPSA) is 59.6 Å². The predicted molar refractivity (Wildman–Crippen MR) is 87.5 cm³/mol. The molecule has 1 amide bonds. The third-order valence-corrected chi connectivity index (χ3v) is 2.97. The largest absolute Gasteiger partial charge is 0.491 e. The van der Waals surface area contributed by atoms with Gasteiger partial charge in [0, 0.05) is 25.3 Å². The van der Waals surface area contributed by atoms with Crippen molar-refractivity contribution < 1.29 is 14.3 Å². The van der Waals surface area contributed by atoms with Crippen molar-refractivity contribution in [3.8, 4) is 5.75 Å². The van der Waals surface area contributed by atoms with Gasteiger partial charge in [-0.1, -0.05) is 6.92 Å². The van der Waals surface area contributed by atoms with Crippen molar-refractivity contribution in [3.05, 3.63) is 23.8 Å². The normalized spacial score (nSPS) is 11.4. The third kappa shape index (κ3) is 6.80. The molecule has 1 aromatic carbocycles. The van der Waals surface area contributed by atoms with Crippen molar-refractivity contribution in [2.75, 3.05) is 39.2 Å². The second kappa shape index (κ2) is 10.4. The number of hydrogen-bond acceptors (Lipinski definition) is 4. The molecule has 0 fully saturated rings. The zero-order valence-electron chi connectivity index (χ0n) is 13.1. The fraction of sp³-hybridized carbons (Fsp3) is 0.533. The minimum absolute atomic E-state index is 0. The van der Waals surface area contributed by atoms with Crippen LogP contribution in [-0.2, 0) is 9.53 Å². The van der Waals surface area contributed by atoms with Crippen molar-refractivity contribution in [1.82, 2.24) is 5.32 Å². The lowest BCUT2D eigenvalue weighted by atomic mass is 10.1. The van der Waals surface area contributed by atoms with E-state index in [1.807, 2.05) is 39.1 Å². The summed E-state index contributed by atoms with van der Waals surface area (Å²) < 4.78 is 10.5. The maximum atomic E-state index is 12.0. The number of ether oxygens (including phenoxy) is 2. The van der Waals surface area contributed by atoms with Gasteiger partial charge in [-0.25, -0.2) is 0 Å². The summed E-state index contributed by atoms with van der Waals surface area (Å²) in [5, 5.41) is 5.92. The fourth-order valence-corrected chi connectivity index (χ4v) is 1.76. The molecular formula is C15H25ClN2O3. The summed E-state index contributed by atoms with van der Waals surface area (Å²) in [4.78, 5) is 12.0. The van der Waals surface area contributed by atoms with Crippen LogP contribution in [0, 0.1) is 12.8 Å². The molecule has 0 aliphatic heterocycles. The fourth-order valence-electron chi connectivity index (χ4n) is 1.76. The summed E-state index contributed by atoms with van der Waals surface area (Å²) >= 11 is 0. The van der Waals surface area contributed by atoms with Crippen molar-refractivity contribution in [2.45, 2.75) is 13.8 Å². The van der Waals surface area contributed by atoms with Gasteiger partial charge in [0.15, 0.2) is 0 Å². The Morgan fingerprint density at radius 1 is 1.33 bits per heavy atom. The zero-order valence-corrected chi connectivity index (χ0v) is 13.9. The van der Waals surface area contributed by atoms with E-state index in [1.54, 1.807) is 7.11 Å². The number of anilines is 1. The van der Waals surface area contributed by atoms with Crippen LogP contribution >= 0.6 is 12.4 Å². The first-order valence-electron chi connectivity index (χ1n) is 6.76. The highest BCUT2D eigenvalue weighted by Gasteiger charge is 2.13. The second-order valence-electron chi connectivity index (χ2n) is 4.77. The number of hydrogen-bond donors (Lipinski definition) is 2. The number of halogens is 1. The first kappa shape index (κ1) is 19.7. The Morgan fingerprint density at radius 3 is 2.62 bits per heavy atom. The van der Waals surface area contributed by atoms with Gasteiger partial charge in [-0.2, -0.15) is 0 Å². The van der Waals surface area contributed by atoms with E-state index in [2.05, 4.69) is 10.6 Å². The minimum atomic E-state index is -0.0722. The minimum Gasteiger partial charge on any atom is -0.491 e. The molecule has 2 N–H and O–H groups in total. The highest BCUT2D eigenvalue weighted by molar-refractivity contribution is 5.93. The molecule has 0 heterocycles. The summed E-state index contributed by atoms with van der Waals surface area (Å²) in [7, 11) is 3.47. The van der Waals surface area contributed by atoms with Gasteiger partial charge >= 0.3 is 0 Å². The molecule has 5 nitrogen and oxygen atoms in total. The first-order valence-corrected chi connectivity index (χ1v) is 6.76. The molecule has 0 spiro atoms. The monoisotopic (exact) mass is 316 g/mol. The van der Waals surface area contributed by atoms with Gasteiger partial charge < -0.3 is 20.1 Å². The molecule has 21 heavy (non-hydrogen) atoms. The molecule has 1 unspecified atom stereocenters. The lowest BCUT2D eigenvalue weighted by Crippen LogP contribution is -2.28. The number of benzene rings is 1. The van der Waals surface area contributed by atoms with E-state index in [-0.39, 0.29) is 24.2 Å². The smallest absolute Gasteiger partial charge is 0.228 e. The van der Waals surface area contributed by atoms with Crippen LogP contribution in [0.15, 0.2) is 18.2 Å². The molecule has 0 radical (unpaired) electrons. The SMILES string of the molecule is CNCC(C)C(=O)Nc1ccc(OCCOC)cc1C.Cl. The highest BCUT2D eigenvalue weighted by Crippen LogP contribution is 2.21. The quantitative estimate of drug-likeness (QED) is 0.722. The van der Waals surface area contributed by atoms with Crippen LogP contribution in [0.25, 0.3) is 0 Å². The lowest BCUT2D eigenvalue weighted by Gasteiger charge is -2.14. The molecule has 120 valence electrons. The van der Waals surface area contributed by atoms with Crippen LogP contribution in [0.4, 0.5) is 5.69 Å². The standard InChI is InChI=1S/C15H24N2O3.ClH/c1-11-9-13(20-8-7-19-4)5-6-14(11)17-15(18)12(2)10-16-3;/h5-6,9,12,16H,7-8,10H2,1-4H3,(H,17,18);1H. The van der Waals surface area contributed by atoms with Crippen LogP contribution in [0.3, 0.4) is 0 Å². The first-order chi connectivity index (χ1) is 9.58. The maximum Gasteiger partial charge on any atom is 0.228 e. The third-order valence-electron chi connectivity index (χ3n) is 2.97. The summed E-state index contributed by atoms with van der Waals surface area (Å²) in [6.45, 7) is 5.56. The average molecular weight is 317 g/mol. The Morgan fingerprint density at radius 2 is 2.05 bits per heavy atom. The van der Waals surface area contributed by atoms with E-state index < -0.39 is 0 Å². The van der Waals surface area contributed by atoms with Crippen molar-refractivity contribution in [3.63, 3.8) is 0 Å². The molecule has 0 aromatic heterocycles. The number of aryl methyl sites for hydroxylation is 1. The van der Waals surface area contributed by atoms with Crippen molar-refractivity contribution in [2.24, 2.45) is 5.92 Å². The average Bonchev–Trinajstić information content (AvgIpc) is 2.42. The number of amides is 1. The van der Waals surface area contributed by atoms with Gasteiger partial charge in [0.2, 0.25) is 5.91 Å². The van der Waals surface area contributed by atoms with E-state index in [9.17, 15) is 4.79 Å². The van der Waals surface area contributed by atoms with Gasteiger partial charge in [0.25, 0.3) is 0 Å². The molecule has 0 aliphatic rings. The van der Waals surface area contributed by atoms with Gasteiger partial charge in [0.1, 0.15) is 12.4 Å². The van der Waals surface area contributed by atoms with Gasteiger partial charge in [-0.3, -0.25) is 4.79 Å². The molecular weight excluding hydrogens is 292 g/mol.